The van der Waals surface area contributed by atoms with E-state index in [0.717, 1.165) is 23.9 Å². The Labute approximate surface area is 122 Å². The van der Waals surface area contributed by atoms with Crippen LogP contribution in [0.15, 0.2) is 0 Å². The van der Waals surface area contributed by atoms with Crippen molar-refractivity contribution < 1.29 is 0 Å². The van der Waals surface area contributed by atoms with Gasteiger partial charge in [0.25, 0.3) is 0 Å². The number of fused-ring (bicyclic) bond motifs is 1. The van der Waals surface area contributed by atoms with E-state index in [0.29, 0.717) is 11.8 Å². The number of piperidine rings is 1. The number of hydrogen-bond donors (Lipinski definition) is 1. The van der Waals surface area contributed by atoms with E-state index in [4.69, 9.17) is 5.10 Å². The molecule has 2 aliphatic rings. The average Bonchev–Trinajstić information content (AvgIpc) is 3.09. The van der Waals surface area contributed by atoms with Crippen molar-refractivity contribution in [2.75, 3.05) is 13.1 Å². The van der Waals surface area contributed by atoms with E-state index in [1.165, 1.54) is 50.0 Å². The van der Waals surface area contributed by atoms with Gasteiger partial charge in [0.1, 0.15) is 5.01 Å². The van der Waals surface area contributed by atoms with E-state index < -0.39 is 0 Å². The molecule has 0 amide bonds. The van der Waals surface area contributed by atoms with Crippen LogP contribution >= 0.6 is 11.3 Å². The van der Waals surface area contributed by atoms with Gasteiger partial charge in [0.05, 0.1) is 0 Å². The van der Waals surface area contributed by atoms with Gasteiger partial charge in [0.2, 0.25) is 4.96 Å². The standard InChI is InChI=1S/C14H21N5S/c1-2-5-10(6-3-1)12-16-17-14-19(12)18-13(20-14)11-7-4-8-15-9-11/h10-11,15H,1-9H2. The van der Waals surface area contributed by atoms with Gasteiger partial charge in [-0.3, -0.25) is 0 Å². The lowest BCUT2D eigenvalue weighted by Crippen LogP contribution is -2.28. The highest BCUT2D eigenvalue weighted by molar-refractivity contribution is 7.16. The van der Waals surface area contributed by atoms with E-state index in [1.54, 1.807) is 11.3 Å². The van der Waals surface area contributed by atoms with Crippen LogP contribution in [0.3, 0.4) is 0 Å². The molecule has 4 rings (SSSR count). The highest BCUT2D eigenvalue weighted by atomic mass is 32.1. The maximum Gasteiger partial charge on any atom is 0.234 e. The molecule has 20 heavy (non-hydrogen) atoms. The monoisotopic (exact) mass is 291 g/mol. The lowest BCUT2D eigenvalue weighted by Gasteiger charge is -2.20. The largest absolute Gasteiger partial charge is 0.316 e. The van der Waals surface area contributed by atoms with Crippen molar-refractivity contribution in [2.24, 2.45) is 0 Å². The molecule has 1 aliphatic carbocycles. The first-order valence-electron chi connectivity index (χ1n) is 7.84. The lowest BCUT2D eigenvalue weighted by atomic mass is 9.89. The van der Waals surface area contributed by atoms with Crippen LogP contribution in [-0.2, 0) is 0 Å². The molecular formula is C14H21N5S. The molecule has 108 valence electrons. The average molecular weight is 291 g/mol. The van der Waals surface area contributed by atoms with Crippen LogP contribution in [0.4, 0.5) is 0 Å². The smallest absolute Gasteiger partial charge is 0.234 e. The Bertz CT molecular complexity index is 577. The van der Waals surface area contributed by atoms with Crippen LogP contribution in [0, 0.1) is 0 Å². The third-order valence-electron chi connectivity index (χ3n) is 4.65. The topological polar surface area (TPSA) is 55.1 Å². The van der Waals surface area contributed by atoms with Crippen molar-refractivity contribution in [2.45, 2.75) is 56.8 Å². The quantitative estimate of drug-likeness (QED) is 0.924. The summed E-state index contributed by atoms with van der Waals surface area (Å²) in [5.74, 6) is 2.24. The second-order valence-electron chi connectivity index (χ2n) is 6.07. The molecule has 5 nitrogen and oxygen atoms in total. The first-order valence-corrected chi connectivity index (χ1v) is 8.66. The molecule has 3 heterocycles. The predicted molar refractivity (Wildman–Crippen MR) is 79.3 cm³/mol. The number of nitrogens with zero attached hydrogens (tertiary/aromatic N) is 4. The fraction of sp³-hybridized carbons (Fsp3) is 0.786. The van der Waals surface area contributed by atoms with Crippen molar-refractivity contribution in [3.8, 4) is 0 Å². The van der Waals surface area contributed by atoms with Crippen molar-refractivity contribution in [3.63, 3.8) is 0 Å². The fourth-order valence-electron chi connectivity index (χ4n) is 3.49. The van der Waals surface area contributed by atoms with Crippen LogP contribution < -0.4 is 5.32 Å². The molecule has 0 radical (unpaired) electrons. The molecule has 0 spiro atoms. The highest BCUT2D eigenvalue weighted by Gasteiger charge is 2.25. The highest BCUT2D eigenvalue weighted by Crippen LogP contribution is 2.33. The summed E-state index contributed by atoms with van der Waals surface area (Å²) in [5, 5.41) is 18.3. The summed E-state index contributed by atoms with van der Waals surface area (Å²) in [4.78, 5) is 0.978. The lowest BCUT2D eigenvalue weighted by molar-refractivity contribution is 0.420. The van der Waals surface area contributed by atoms with Gasteiger partial charge in [0.15, 0.2) is 5.82 Å². The molecule has 1 atom stereocenters. The third kappa shape index (κ3) is 2.24. The SMILES string of the molecule is C1CCC(c2nnc3sc(C4CCCNC4)nn23)CC1. The first kappa shape index (κ1) is 12.7. The number of nitrogens with one attached hydrogen (secondary N) is 1. The zero-order valence-electron chi connectivity index (χ0n) is 11.7. The molecule has 0 aromatic carbocycles. The minimum Gasteiger partial charge on any atom is -0.316 e. The van der Waals surface area contributed by atoms with E-state index in [-0.39, 0.29) is 0 Å². The molecule has 0 bridgehead atoms. The van der Waals surface area contributed by atoms with Crippen LogP contribution in [0.5, 0.6) is 0 Å². The van der Waals surface area contributed by atoms with Crippen molar-refractivity contribution in [1.29, 1.82) is 0 Å². The van der Waals surface area contributed by atoms with E-state index in [2.05, 4.69) is 15.5 Å². The first-order chi connectivity index (χ1) is 9.92. The van der Waals surface area contributed by atoms with Crippen molar-refractivity contribution in [1.82, 2.24) is 25.1 Å². The molecule has 2 aromatic heterocycles. The molecule has 2 fully saturated rings. The normalized spacial score (nSPS) is 25.3. The molecule has 1 aliphatic heterocycles. The summed E-state index contributed by atoms with van der Waals surface area (Å²) in [6, 6.07) is 0. The molecular weight excluding hydrogens is 270 g/mol. The van der Waals surface area contributed by atoms with Crippen LogP contribution in [0.1, 0.15) is 67.6 Å². The van der Waals surface area contributed by atoms with Gasteiger partial charge >= 0.3 is 0 Å². The molecule has 1 saturated heterocycles. The van der Waals surface area contributed by atoms with Gasteiger partial charge in [-0.15, -0.1) is 10.2 Å². The van der Waals surface area contributed by atoms with Gasteiger partial charge < -0.3 is 5.32 Å². The van der Waals surface area contributed by atoms with Gasteiger partial charge in [-0.05, 0) is 32.2 Å². The Morgan fingerprint density at radius 2 is 1.85 bits per heavy atom. The Morgan fingerprint density at radius 3 is 2.65 bits per heavy atom. The minimum atomic E-state index is 0.564. The summed E-state index contributed by atoms with van der Waals surface area (Å²) in [7, 11) is 0. The summed E-state index contributed by atoms with van der Waals surface area (Å²) < 4.78 is 2.03. The Balaban J connectivity index is 1.63. The van der Waals surface area contributed by atoms with E-state index >= 15 is 0 Å². The molecule has 1 N–H and O–H groups in total. The minimum absolute atomic E-state index is 0.564. The summed E-state index contributed by atoms with van der Waals surface area (Å²) >= 11 is 1.73. The number of aromatic nitrogens is 4. The maximum absolute atomic E-state index is 4.84. The molecule has 1 unspecified atom stereocenters. The maximum atomic E-state index is 4.84. The second-order valence-corrected chi connectivity index (χ2v) is 7.06. The van der Waals surface area contributed by atoms with Crippen LogP contribution in [-0.4, -0.2) is 32.9 Å². The van der Waals surface area contributed by atoms with Gasteiger partial charge in [-0.25, -0.2) is 0 Å². The van der Waals surface area contributed by atoms with Crippen LogP contribution in [0.2, 0.25) is 0 Å². The molecule has 2 aromatic rings. The molecule has 6 heteroatoms. The van der Waals surface area contributed by atoms with Gasteiger partial charge in [-0.2, -0.15) is 9.61 Å². The Morgan fingerprint density at radius 1 is 1.00 bits per heavy atom. The molecule has 1 saturated carbocycles. The Hall–Kier alpha value is -1.01. The van der Waals surface area contributed by atoms with Crippen molar-refractivity contribution in [3.05, 3.63) is 10.8 Å². The van der Waals surface area contributed by atoms with E-state index in [9.17, 15) is 0 Å². The van der Waals surface area contributed by atoms with E-state index in [1.807, 2.05) is 4.52 Å². The zero-order chi connectivity index (χ0) is 13.4. The van der Waals surface area contributed by atoms with Crippen LogP contribution in [0.25, 0.3) is 4.96 Å². The second kappa shape index (κ2) is 5.41. The van der Waals surface area contributed by atoms with Crippen molar-refractivity contribution >= 4 is 16.3 Å². The van der Waals surface area contributed by atoms with Gasteiger partial charge in [0, 0.05) is 18.4 Å². The summed E-state index contributed by atoms with van der Waals surface area (Å²) in [6.07, 6.45) is 9.01. The third-order valence-corrected chi connectivity index (χ3v) is 5.71. The van der Waals surface area contributed by atoms with Gasteiger partial charge in [-0.1, -0.05) is 30.6 Å². The number of hydrogen-bond acceptors (Lipinski definition) is 5. The summed E-state index contributed by atoms with van der Waals surface area (Å²) in [5.41, 5.74) is 0. The Kier molecular flexibility index (Phi) is 3.44. The predicted octanol–water partition coefficient (Wildman–Crippen LogP) is 2.70. The number of rotatable bonds is 2. The summed E-state index contributed by atoms with van der Waals surface area (Å²) in [6.45, 7) is 2.21. The zero-order valence-corrected chi connectivity index (χ0v) is 12.5. The fourth-order valence-corrected chi connectivity index (χ4v) is 4.47.